The molecule has 0 unspecified atom stereocenters. The molecule has 3 rings (SSSR count). The molecule has 1 amide bonds. The van der Waals surface area contributed by atoms with Gasteiger partial charge in [0.2, 0.25) is 5.88 Å². The second kappa shape index (κ2) is 15.2. The van der Waals surface area contributed by atoms with Crippen molar-refractivity contribution in [2.24, 2.45) is 0 Å². The second-order valence-corrected chi connectivity index (χ2v) is 11.6. The predicted molar refractivity (Wildman–Crippen MR) is 164 cm³/mol. The fourth-order valence-electron chi connectivity index (χ4n) is 4.84. The second-order valence-electron chi connectivity index (χ2n) is 11.6. The van der Waals surface area contributed by atoms with Crippen molar-refractivity contribution in [2.45, 2.75) is 106 Å². The van der Waals surface area contributed by atoms with Crippen molar-refractivity contribution in [3.63, 3.8) is 0 Å². The number of fused-ring (bicyclic) bond motifs is 1. The minimum Gasteiger partial charge on any atom is -0.492 e. The average molecular weight is 585 g/mol. The van der Waals surface area contributed by atoms with Gasteiger partial charge in [-0.05, 0) is 70.6 Å². The molecule has 1 aliphatic rings. The van der Waals surface area contributed by atoms with Crippen LogP contribution in [0.4, 0.5) is 10.5 Å². The molecule has 1 aromatic carbocycles. The van der Waals surface area contributed by atoms with E-state index in [1.54, 1.807) is 4.90 Å². The molecule has 9 nitrogen and oxygen atoms in total. The van der Waals surface area contributed by atoms with Crippen molar-refractivity contribution in [3.05, 3.63) is 34.4 Å². The molecule has 0 radical (unpaired) electrons. The van der Waals surface area contributed by atoms with Crippen molar-refractivity contribution in [1.82, 2.24) is 4.98 Å². The summed E-state index contributed by atoms with van der Waals surface area (Å²) in [6, 6.07) is 3.72. The van der Waals surface area contributed by atoms with Crippen LogP contribution in [-0.2, 0) is 22.5 Å². The molecule has 0 saturated carbocycles. The van der Waals surface area contributed by atoms with E-state index in [2.05, 4.69) is 13.8 Å². The minimum absolute atomic E-state index is 0.164. The smallest absolute Gasteiger partial charge is 0.414 e. The molecule has 0 aliphatic carbocycles. The Kier molecular flexibility index (Phi) is 12.0. The Hall–Kier alpha value is -3.33. The Bertz CT molecular complexity index is 1240. The van der Waals surface area contributed by atoms with Gasteiger partial charge in [-0.15, -0.1) is 0 Å². The van der Waals surface area contributed by atoms with Gasteiger partial charge < -0.3 is 24.1 Å². The van der Waals surface area contributed by atoms with Crippen LogP contribution in [0.2, 0.25) is 0 Å². The zero-order valence-corrected chi connectivity index (χ0v) is 26.4. The molecule has 1 aromatic heterocycles. The minimum atomic E-state index is -0.623. The number of aliphatic hydroxyl groups is 1. The number of unbranched alkanes of at least 4 members (excludes halogenated alkanes) is 3. The monoisotopic (exact) mass is 584 g/mol. The number of esters is 1. The molecule has 0 fully saturated rings. The van der Waals surface area contributed by atoms with E-state index in [1.807, 2.05) is 46.8 Å². The molecular weight excluding hydrogens is 536 g/mol. The maximum atomic E-state index is 13.4. The van der Waals surface area contributed by atoms with Crippen molar-refractivity contribution < 1.29 is 33.6 Å². The van der Waals surface area contributed by atoms with Crippen LogP contribution in [0.5, 0.6) is 11.6 Å². The van der Waals surface area contributed by atoms with Crippen LogP contribution in [0, 0.1) is 6.92 Å². The topological polar surface area (TPSA) is 107 Å². The number of anilines is 1. The van der Waals surface area contributed by atoms with Gasteiger partial charge in [-0.3, -0.25) is 4.90 Å². The summed E-state index contributed by atoms with van der Waals surface area (Å²) in [5, 5.41) is 10.6. The first kappa shape index (κ1) is 33.2. The summed E-state index contributed by atoms with van der Waals surface area (Å²) >= 11 is 0. The summed E-state index contributed by atoms with van der Waals surface area (Å²) in [4.78, 5) is 32.8. The van der Waals surface area contributed by atoms with Crippen LogP contribution >= 0.6 is 0 Å². The van der Waals surface area contributed by atoms with Crippen LogP contribution in [0.25, 0.3) is 11.3 Å². The maximum Gasteiger partial charge on any atom is 0.414 e. The van der Waals surface area contributed by atoms with Gasteiger partial charge >= 0.3 is 12.1 Å². The quantitative estimate of drug-likeness (QED) is 0.184. The molecule has 0 atom stereocenters. The van der Waals surface area contributed by atoms with Crippen LogP contribution in [0.1, 0.15) is 107 Å². The Morgan fingerprint density at radius 2 is 1.62 bits per heavy atom. The Morgan fingerprint density at radius 3 is 2.24 bits per heavy atom. The van der Waals surface area contributed by atoms with Gasteiger partial charge in [-0.2, -0.15) is 0 Å². The molecule has 1 aliphatic heterocycles. The van der Waals surface area contributed by atoms with Crippen molar-refractivity contribution in [3.8, 4) is 22.9 Å². The molecular formula is C33H48N2O7. The van der Waals surface area contributed by atoms with Gasteiger partial charge in [0.25, 0.3) is 0 Å². The molecule has 1 N–H and O–H groups in total. The predicted octanol–water partition coefficient (Wildman–Crippen LogP) is 7.16. The van der Waals surface area contributed by atoms with Gasteiger partial charge in [0.1, 0.15) is 11.4 Å². The van der Waals surface area contributed by atoms with Crippen LogP contribution in [0.15, 0.2) is 12.1 Å². The third-order valence-electron chi connectivity index (χ3n) is 7.08. The first-order valence-electron chi connectivity index (χ1n) is 15.3. The first-order chi connectivity index (χ1) is 20.1. The normalized spacial score (nSPS) is 12.7. The number of aromatic nitrogens is 1. The van der Waals surface area contributed by atoms with E-state index in [1.165, 1.54) is 0 Å². The van der Waals surface area contributed by atoms with E-state index in [0.717, 1.165) is 44.1 Å². The molecule has 0 saturated heterocycles. The summed E-state index contributed by atoms with van der Waals surface area (Å²) in [6.45, 7) is 14.9. The van der Waals surface area contributed by atoms with Crippen molar-refractivity contribution in [2.75, 3.05) is 31.3 Å². The molecule has 9 heteroatoms. The molecule has 0 spiro atoms. The van der Waals surface area contributed by atoms with E-state index >= 15 is 0 Å². The Labute approximate surface area is 250 Å². The van der Waals surface area contributed by atoms with Crippen LogP contribution in [0.3, 0.4) is 0 Å². The number of rotatable bonds is 14. The first-order valence-corrected chi connectivity index (χ1v) is 15.3. The van der Waals surface area contributed by atoms with Gasteiger partial charge in [-0.1, -0.05) is 46.1 Å². The number of benzene rings is 1. The SMILES string of the molecule is CCCCOC(=O)c1c(OCCCC)nc(-c2ccc3c(c2CO)CCN3C(=O)OC(C)(C)C)c(C)c1OCCCC. The lowest BCUT2D eigenvalue weighted by Crippen LogP contribution is -2.35. The Balaban J connectivity index is 2.16. The number of ether oxygens (including phenoxy) is 4. The maximum absolute atomic E-state index is 13.4. The lowest BCUT2D eigenvalue weighted by Gasteiger charge is -2.25. The number of aliphatic hydroxyl groups excluding tert-OH is 1. The van der Waals surface area contributed by atoms with E-state index in [0.29, 0.717) is 66.6 Å². The standard InChI is InChI=1S/C33H48N2O7/c1-8-11-18-39-29-22(4)28(34-30(40-19-12-9-2)27(29)31(37)41-20-13-10-3)24-14-15-26-23(25(24)21-36)16-17-35(26)32(38)42-33(5,6)7/h14-15,36H,8-13,16-21H2,1-7H3. The van der Waals surface area contributed by atoms with Crippen molar-refractivity contribution in [1.29, 1.82) is 0 Å². The Morgan fingerprint density at radius 1 is 0.976 bits per heavy atom. The number of hydrogen-bond acceptors (Lipinski definition) is 8. The summed E-state index contributed by atoms with van der Waals surface area (Å²) < 4.78 is 23.6. The average Bonchev–Trinajstić information content (AvgIpc) is 3.38. The lowest BCUT2D eigenvalue weighted by molar-refractivity contribution is 0.0487. The van der Waals surface area contributed by atoms with E-state index in [9.17, 15) is 14.7 Å². The van der Waals surface area contributed by atoms with Gasteiger partial charge in [0.15, 0.2) is 5.56 Å². The zero-order chi connectivity index (χ0) is 30.9. The van der Waals surface area contributed by atoms with Gasteiger partial charge in [0.05, 0.1) is 37.8 Å². The zero-order valence-electron chi connectivity index (χ0n) is 26.4. The van der Waals surface area contributed by atoms with Crippen LogP contribution < -0.4 is 14.4 Å². The highest BCUT2D eigenvalue weighted by molar-refractivity contribution is 5.97. The van der Waals surface area contributed by atoms with Crippen molar-refractivity contribution >= 4 is 17.7 Å². The van der Waals surface area contributed by atoms with Crippen LogP contribution in [-0.4, -0.2) is 54.1 Å². The van der Waals surface area contributed by atoms with E-state index in [4.69, 9.17) is 23.9 Å². The number of carbonyl (C=O) groups excluding carboxylic acids is 2. The summed E-state index contributed by atoms with van der Waals surface area (Å²) in [6.07, 6.45) is 5.26. The molecule has 2 aromatic rings. The number of hydrogen-bond donors (Lipinski definition) is 1. The molecule has 2 heterocycles. The number of nitrogens with zero attached hydrogens (tertiary/aromatic N) is 2. The summed E-state index contributed by atoms with van der Waals surface area (Å²) in [5.41, 5.74) is 3.74. The fourth-order valence-corrected chi connectivity index (χ4v) is 4.84. The highest BCUT2D eigenvalue weighted by Gasteiger charge is 2.33. The van der Waals surface area contributed by atoms with Gasteiger partial charge in [0, 0.05) is 17.7 Å². The number of pyridine rings is 1. The number of carbonyl (C=O) groups is 2. The molecule has 0 bridgehead atoms. The summed E-state index contributed by atoms with van der Waals surface area (Å²) in [5.74, 6) is 0.0333. The lowest BCUT2D eigenvalue weighted by atomic mass is 9.94. The van der Waals surface area contributed by atoms with E-state index in [-0.39, 0.29) is 18.1 Å². The third-order valence-corrected chi connectivity index (χ3v) is 7.08. The fraction of sp³-hybridized carbons (Fsp3) is 0.606. The molecule has 42 heavy (non-hydrogen) atoms. The van der Waals surface area contributed by atoms with E-state index < -0.39 is 17.7 Å². The number of amides is 1. The summed E-state index contributed by atoms with van der Waals surface area (Å²) in [7, 11) is 0. The molecule has 232 valence electrons. The highest BCUT2D eigenvalue weighted by Crippen LogP contribution is 2.42. The third kappa shape index (κ3) is 7.94. The van der Waals surface area contributed by atoms with Gasteiger partial charge in [-0.25, -0.2) is 14.6 Å². The highest BCUT2D eigenvalue weighted by atomic mass is 16.6. The largest absolute Gasteiger partial charge is 0.492 e.